The highest BCUT2D eigenvalue weighted by Gasteiger charge is 2.35. The van der Waals surface area contributed by atoms with E-state index >= 15 is 0 Å². The predicted molar refractivity (Wildman–Crippen MR) is 108 cm³/mol. The molecule has 2 aliphatic carbocycles. The maximum Gasteiger partial charge on any atom is -0.0326 e. The zero-order chi connectivity index (χ0) is 17.3. The van der Waals surface area contributed by atoms with Crippen molar-refractivity contribution in [2.75, 3.05) is 0 Å². The van der Waals surface area contributed by atoms with Gasteiger partial charge in [0.1, 0.15) is 0 Å². The summed E-state index contributed by atoms with van der Waals surface area (Å²) >= 11 is 0. The molecule has 142 valence electrons. The van der Waals surface area contributed by atoms with Gasteiger partial charge in [0.05, 0.1) is 0 Å². The molecule has 0 aliphatic heterocycles. The van der Waals surface area contributed by atoms with Crippen LogP contribution < -0.4 is 0 Å². The summed E-state index contributed by atoms with van der Waals surface area (Å²) in [6.07, 6.45) is 25.5. The Kier molecular flexibility index (Phi) is 9.20. The van der Waals surface area contributed by atoms with Gasteiger partial charge < -0.3 is 0 Å². The third-order valence-corrected chi connectivity index (χ3v) is 7.65. The maximum absolute atomic E-state index is 2.60. The van der Waals surface area contributed by atoms with E-state index in [0.29, 0.717) is 5.41 Å². The summed E-state index contributed by atoms with van der Waals surface area (Å²) in [5.74, 6) is 3.26. The van der Waals surface area contributed by atoms with E-state index < -0.39 is 0 Å². The molecule has 0 aromatic rings. The number of unbranched alkanes of at least 4 members (excludes halogenated alkanes) is 5. The molecule has 0 aromatic heterocycles. The van der Waals surface area contributed by atoms with Crippen molar-refractivity contribution in [1.29, 1.82) is 0 Å². The molecule has 0 N–H and O–H groups in total. The predicted octanol–water partition coefficient (Wildman–Crippen LogP) is 8.54. The Hall–Kier alpha value is 0. The molecular weight excluding hydrogens is 288 g/mol. The lowest BCUT2D eigenvalue weighted by atomic mass is 9.63. The summed E-state index contributed by atoms with van der Waals surface area (Å²) in [6, 6.07) is 0. The summed E-state index contributed by atoms with van der Waals surface area (Å²) < 4.78 is 0. The second-order valence-corrected chi connectivity index (χ2v) is 9.74. The van der Waals surface area contributed by atoms with E-state index in [-0.39, 0.29) is 0 Å². The average Bonchev–Trinajstić information content (AvgIpc) is 2.61. The first-order valence-electron chi connectivity index (χ1n) is 11.7. The molecule has 0 nitrogen and oxygen atoms in total. The molecule has 2 saturated carbocycles. The first-order valence-corrected chi connectivity index (χ1v) is 11.7. The van der Waals surface area contributed by atoms with Crippen LogP contribution in [-0.2, 0) is 0 Å². The van der Waals surface area contributed by atoms with Crippen molar-refractivity contribution < 1.29 is 0 Å². The van der Waals surface area contributed by atoms with Gasteiger partial charge in [0.2, 0.25) is 0 Å². The lowest BCUT2D eigenvalue weighted by Crippen LogP contribution is -2.30. The molecule has 0 radical (unpaired) electrons. The Labute approximate surface area is 153 Å². The van der Waals surface area contributed by atoms with Gasteiger partial charge in [0, 0.05) is 0 Å². The number of hydrogen-bond acceptors (Lipinski definition) is 0. The van der Waals surface area contributed by atoms with Gasteiger partial charge in [0.25, 0.3) is 0 Å². The van der Waals surface area contributed by atoms with E-state index in [1.165, 1.54) is 70.6 Å². The maximum atomic E-state index is 2.60. The van der Waals surface area contributed by atoms with Gasteiger partial charge in [-0.15, -0.1) is 0 Å². The van der Waals surface area contributed by atoms with Crippen molar-refractivity contribution in [3.63, 3.8) is 0 Å². The van der Waals surface area contributed by atoms with Gasteiger partial charge in [-0.25, -0.2) is 0 Å². The summed E-state index contributed by atoms with van der Waals surface area (Å²) in [5.41, 5.74) is 0.695. The Morgan fingerprint density at radius 3 is 1.88 bits per heavy atom. The van der Waals surface area contributed by atoms with Crippen LogP contribution in [0.2, 0.25) is 0 Å². The van der Waals surface area contributed by atoms with E-state index in [2.05, 4.69) is 20.8 Å². The summed E-state index contributed by atoms with van der Waals surface area (Å²) in [6.45, 7) is 7.26. The van der Waals surface area contributed by atoms with Crippen molar-refractivity contribution in [1.82, 2.24) is 0 Å². The van der Waals surface area contributed by atoms with E-state index in [0.717, 1.165) is 17.8 Å². The fourth-order valence-electron chi connectivity index (χ4n) is 5.65. The number of rotatable bonds is 10. The average molecular weight is 335 g/mol. The van der Waals surface area contributed by atoms with E-state index in [4.69, 9.17) is 0 Å². The lowest BCUT2D eigenvalue weighted by molar-refractivity contribution is 0.0949. The SMILES string of the molecule is CCCCCCC[C@]1(C)CC[C@@H](C2CCC(CCCC)CC2)CC1. The molecule has 0 spiro atoms. The molecule has 0 bridgehead atoms. The van der Waals surface area contributed by atoms with Gasteiger partial charge in [-0.2, -0.15) is 0 Å². The van der Waals surface area contributed by atoms with Gasteiger partial charge in [-0.05, 0) is 68.1 Å². The minimum absolute atomic E-state index is 0.695. The second-order valence-electron chi connectivity index (χ2n) is 9.74. The van der Waals surface area contributed by atoms with Crippen LogP contribution in [0.1, 0.15) is 130 Å². The second kappa shape index (κ2) is 10.9. The topological polar surface area (TPSA) is 0 Å². The van der Waals surface area contributed by atoms with E-state index in [1.54, 1.807) is 38.5 Å². The van der Waals surface area contributed by atoms with Crippen molar-refractivity contribution >= 4 is 0 Å². The van der Waals surface area contributed by atoms with Crippen LogP contribution in [0.3, 0.4) is 0 Å². The zero-order valence-electron chi connectivity index (χ0n) is 17.3. The first-order chi connectivity index (χ1) is 11.7. The third-order valence-electron chi connectivity index (χ3n) is 7.65. The van der Waals surface area contributed by atoms with Crippen LogP contribution in [0.25, 0.3) is 0 Å². The molecule has 0 amide bonds. The molecule has 0 saturated heterocycles. The largest absolute Gasteiger partial charge is 0.0654 e. The highest BCUT2D eigenvalue weighted by atomic mass is 14.4. The van der Waals surface area contributed by atoms with Crippen LogP contribution >= 0.6 is 0 Å². The molecule has 0 unspecified atom stereocenters. The standard InChI is InChI=1S/C24H46/c1-4-6-8-9-10-18-24(3)19-16-23(17-20-24)22-14-12-21(13-15-22)11-7-5-2/h21-23H,4-20H2,1-3H3/t21?,22?,23-,24-. The molecule has 2 aliphatic rings. The lowest BCUT2D eigenvalue weighted by Gasteiger charge is -2.42. The molecular formula is C24H46. The minimum Gasteiger partial charge on any atom is -0.0654 e. The fourth-order valence-corrected chi connectivity index (χ4v) is 5.65. The highest BCUT2D eigenvalue weighted by molar-refractivity contribution is 4.86. The highest BCUT2D eigenvalue weighted by Crippen LogP contribution is 2.47. The molecule has 0 heteroatoms. The third kappa shape index (κ3) is 6.72. The molecule has 2 rings (SSSR count). The van der Waals surface area contributed by atoms with Crippen molar-refractivity contribution in [3.8, 4) is 0 Å². The summed E-state index contributed by atoms with van der Waals surface area (Å²) in [5, 5.41) is 0. The van der Waals surface area contributed by atoms with E-state index in [1.807, 2.05) is 0 Å². The van der Waals surface area contributed by atoms with Crippen LogP contribution in [0, 0.1) is 23.2 Å². The van der Waals surface area contributed by atoms with Gasteiger partial charge >= 0.3 is 0 Å². The first kappa shape index (κ1) is 20.3. The van der Waals surface area contributed by atoms with Crippen LogP contribution in [-0.4, -0.2) is 0 Å². The molecule has 0 atom stereocenters. The van der Waals surface area contributed by atoms with Gasteiger partial charge in [-0.3, -0.25) is 0 Å². The Balaban J connectivity index is 1.62. The Bertz CT molecular complexity index is 302. The molecule has 0 heterocycles. The van der Waals surface area contributed by atoms with Crippen LogP contribution in [0.5, 0.6) is 0 Å². The summed E-state index contributed by atoms with van der Waals surface area (Å²) in [7, 11) is 0. The number of hydrogen-bond donors (Lipinski definition) is 0. The van der Waals surface area contributed by atoms with Crippen LogP contribution in [0.15, 0.2) is 0 Å². The quantitative estimate of drug-likeness (QED) is 0.351. The molecule has 0 aromatic carbocycles. The van der Waals surface area contributed by atoms with Crippen LogP contribution in [0.4, 0.5) is 0 Å². The molecule has 24 heavy (non-hydrogen) atoms. The molecule has 2 fully saturated rings. The van der Waals surface area contributed by atoms with Gasteiger partial charge in [-0.1, -0.05) is 85.0 Å². The smallest absolute Gasteiger partial charge is 0.0326 e. The van der Waals surface area contributed by atoms with E-state index in [9.17, 15) is 0 Å². The van der Waals surface area contributed by atoms with Crippen molar-refractivity contribution in [2.24, 2.45) is 23.2 Å². The minimum atomic E-state index is 0.695. The Morgan fingerprint density at radius 2 is 1.25 bits per heavy atom. The summed E-state index contributed by atoms with van der Waals surface area (Å²) in [4.78, 5) is 0. The monoisotopic (exact) mass is 334 g/mol. The van der Waals surface area contributed by atoms with Gasteiger partial charge in [0.15, 0.2) is 0 Å². The van der Waals surface area contributed by atoms with Crippen molar-refractivity contribution in [3.05, 3.63) is 0 Å². The fraction of sp³-hybridized carbons (Fsp3) is 1.00. The normalized spacial score (nSPS) is 34.4. The Morgan fingerprint density at radius 1 is 0.667 bits per heavy atom. The van der Waals surface area contributed by atoms with Crippen molar-refractivity contribution in [2.45, 2.75) is 130 Å². The zero-order valence-corrected chi connectivity index (χ0v) is 17.3.